The maximum Gasteiger partial charge on any atom is 0.253 e. The lowest BCUT2D eigenvalue weighted by Crippen LogP contribution is -2.37. The van der Waals surface area contributed by atoms with Crippen molar-refractivity contribution in [2.45, 2.75) is 19.4 Å². The minimum absolute atomic E-state index is 0.0235. The summed E-state index contributed by atoms with van der Waals surface area (Å²) in [5.41, 5.74) is 0.682. The van der Waals surface area contributed by atoms with Gasteiger partial charge in [-0.1, -0.05) is 15.9 Å². The lowest BCUT2D eigenvalue weighted by Gasteiger charge is -2.16. The van der Waals surface area contributed by atoms with Crippen LogP contribution in [0.3, 0.4) is 0 Å². The van der Waals surface area contributed by atoms with E-state index in [2.05, 4.69) is 21.2 Å². The number of rotatable bonds is 2. The van der Waals surface area contributed by atoms with Crippen LogP contribution in [0.15, 0.2) is 28.7 Å². The van der Waals surface area contributed by atoms with Gasteiger partial charge in [-0.25, -0.2) is 0 Å². The number of carbonyl (C=O) groups is 2. The molecule has 0 spiro atoms. The van der Waals surface area contributed by atoms with Crippen LogP contribution >= 0.6 is 15.9 Å². The molecule has 1 fully saturated rings. The quantitative estimate of drug-likeness (QED) is 0.905. The zero-order chi connectivity index (χ0) is 13.1. The molecule has 5 heteroatoms. The van der Waals surface area contributed by atoms with E-state index in [1.165, 1.54) is 6.92 Å². The van der Waals surface area contributed by atoms with Crippen molar-refractivity contribution in [1.29, 1.82) is 0 Å². The molecule has 0 aromatic heterocycles. The molecule has 1 aromatic carbocycles. The lowest BCUT2D eigenvalue weighted by molar-refractivity contribution is -0.119. The minimum atomic E-state index is -0.0436. The number of benzene rings is 1. The number of likely N-dealkylation sites (tertiary alicyclic amines) is 1. The Balaban J connectivity index is 1.99. The summed E-state index contributed by atoms with van der Waals surface area (Å²) in [7, 11) is 0. The highest BCUT2D eigenvalue weighted by Gasteiger charge is 2.27. The van der Waals surface area contributed by atoms with Crippen molar-refractivity contribution in [2.75, 3.05) is 13.1 Å². The maximum atomic E-state index is 12.2. The zero-order valence-electron chi connectivity index (χ0n) is 10.1. The highest BCUT2D eigenvalue weighted by atomic mass is 79.9. The van der Waals surface area contributed by atoms with Crippen LogP contribution in [0, 0.1) is 0 Å². The van der Waals surface area contributed by atoms with E-state index in [0.717, 1.165) is 10.9 Å². The third kappa shape index (κ3) is 3.10. The van der Waals surface area contributed by atoms with Gasteiger partial charge in [0.1, 0.15) is 0 Å². The van der Waals surface area contributed by atoms with E-state index in [-0.39, 0.29) is 17.9 Å². The normalized spacial score (nSPS) is 18.8. The number of nitrogens with one attached hydrogen (secondary N) is 1. The number of hydrogen-bond acceptors (Lipinski definition) is 2. The summed E-state index contributed by atoms with van der Waals surface area (Å²) < 4.78 is 0.955. The standard InChI is InChI=1S/C13H15BrN2O2/c1-9(17)15-12-6-7-16(8-12)13(18)10-2-4-11(14)5-3-10/h2-5,12H,6-8H2,1H3,(H,15,17). The average Bonchev–Trinajstić information content (AvgIpc) is 2.76. The Morgan fingerprint density at radius 2 is 2.00 bits per heavy atom. The van der Waals surface area contributed by atoms with Crippen LogP contribution in [0.4, 0.5) is 0 Å². The molecule has 1 saturated heterocycles. The van der Waals surface area contributed by atoms with Crippen molar-refractivity contribution >= 4 is 27.7 Å². The molecular formula is C13H15BrN2O2. The van der Waals surface area contributed by atoms with Gasteiger partial charge in [-0.2, -0.15) is 0 Å². The molecule has 1 aromatic rings. The van der Waals surface area contributed by atoms with E-state index in [9.17, 15) is 9.59 Å². The Morgan fingerprint density at radius 3 is 2.61 bits per heavy atom. The molecule has 0 radical (unpaired) electrons. The van der Waals surface area contributed by atoms with E-state index >= 15 is 0 Å². The van der Waals surface area contributed by atoms with Gasteiger partial charge in [0.05, 0.1) is 0 Å². The number of halogens is 1. The summed E-state index contributed by atoms with van der Waals surface area (Å²) >= 11 is 3.34. The van der Waals surface area contributed by atoms with Gasteiger partial charge in [0.25, 0.3) is 5.91 Å². The van der Waals surface area contributed by atoms with Crippen molar-refractivity contribution in [3.63, 3.8) is 0 Å². The van der Waals surface area contributed by atoms with E-state index in [0.29, 0.717) is 18.7 Å². The van der Waals surface area contributed by atoms with Crippen molar-refractivity contribution in [3.8, 4) is 0 Å². The van der Waals surface area contributed by atoms with Crippen LogP contribution in [0.5, 0.6) is 0 Å². The molecule has 4 nitrogen and oxygen atoms in total. The molecule has 1 aliphatic heterocycles. The van der Waals surface area contributed by atoms with Gasteiger partial charge in [-0.15, -0.1) is 0 Å². The number of hydrogen-bond donors (Lipinski definition) is 1. The summed E-state index contributed by atoms with van der Waals surface area (Å²) in [4.78, 5) is 24.9. The number of amides is 2. The minimum Gasteiger partial charge on any atom is -0.352 e. The van der Waals surface area contributed by atoms with Gasteiger partial charge in [0.2, 0.25) is 5.91 Å². The molecule has 1 unspecified atom stereocenters. The van der Waals surface area contributed by atoms with Gasteiger partial charge in [0.15, 0.2) is 0 Å². The molecule has 0 saturated carbocycles. The number of carbonyl (C=O) groups excluding carboxylic acids is 2. The van der Waals surface area contributed by atoms with Gasteiger partial charge in [0, 0.05) is 36.1 Å². The summed E-state index contributed by atoms with van der Waals surface area (Å²) in [6.07, 6.45) is 0.821. The molecule has 0 bridgehead atoms. The molecule has 2 amide bonds. The fourth-order valence-electron chi connectivity index (χ4n) is 2.13. The van der Waals surface area contributed by atoms with Crippen molar-refractivity contribution in [1.82, 2.24) is 10.2 Å². The molecule has 1 aliphatic rings. The Labute approximate surface area is 114 Å². The third-order valence-corrected chi connectivity index (χ3v) is 3.50. The van der Waals surface area contributed by atoms with Gasteiger partial charge in [-0.3, -0.25) is 9.59 Å². The predicted octanol–water partition coefficient (Wildman–Crippen LogP) is 1.80. The highest BCUT2D eigenvalue weighted by Crippen LogP contribution is 2.16. The summed E-state index contributed by atoms with van der Waals surface area (Å²) in [5.74, 6) is -0.0201. The average molecular weight is 311 g/mol. The molecule has 1 N–H and O–H groups in total. The fourth-order valence-corrected chi connectivity index (χ4v) is 2.39. The van der Waals surface area contributed by atoms with Crippen LogP contribution in [0.1, 0.15) is 23.7 Å². The summed E-state index contributed by atoms with van der Waals surface area (Å²) in [6, 6.07) is 7.40. The van der Waals surface area contributed by atoms with Crippen molar-refractivity contribution in [2.24, 2.45) is 0 Å². The second-order valence-electron chi connectivity index (χ2n) is 4.44. The second kappa shape index (κ2) is 5.52. The van der Waals surface area contributed by atoms with Crippen LogP contribution < -0.4 is 5.32 Å². The third-order valence-electron chi connectivity index (χ3n) is 2.97. The first-order valence-corrected chi connectivity index (χ1v) is 6.67. The van der Waals surface area contributed by atoms with Gasteiger partial charge in [-0.05, 0) is 30.7 Å². The Kier molecular flexibility index (Phi) is 4.01. The molecule has 2 rings (SSSR count). The van der Waals surface area contributed by atoms with Crippen molar-refractivity contribution in [3.05, 3.63) is 34.3 Å². The molecule has 96 valence electrons. The smallest absolute Gasteiger partial charge is 0.253 e. The Morgan fingerprint density at radius 1 is 1.33 bits per heavy atom. The molecule has 0 aliphatic carbocycles. The van der Waals surface area contributed by atoms with E-state index in [1.807, 2.05) is 12.1 Å². The monoisotopic (exact) mass is 310 g/mol. The molecule has 1 atom stereocenters. The van der Waals surface area contributed by atoms with Crippen LogP contribution in [-0.2, 0) is 4.79 Å². The molecular weight excluding hydrogens is 296 g/mol. The first-order valence-electron chi connectivity index (χ1n) is 5.88. The lowest BCUT2D eigenvalue weighted by atomic mass is 10.2. The Bertz CT molecular complexity index is 459. The fraction of sp³-hybridized carbons (Fsp3) is 0.385. The predicted molar refractivity (Wildman–Crippen MR) is 72.3 cm³/mol. The maximum absolute atomic E-state index is 12.2. The Hall–Kier alpha value is -1.36. The summed E-state index contributed by atoms with van der Waals surface area (Å²) in [5, 5.41) is 2.85. The second-order valence-corrected chi connectivity index (χ2v) is 5.36. The highest BCUT2D eigenvalue weighted by molar-refractivity contribution is 9.10. The van der Waals surface area contributed by atoms with E-state index in [1.54, 1.807) is 17.0 Å². The van der Waals surface area contributed by atoms with Crippen LogP contribution in [0.2, 0.25) is 0 Å². The van der Waals surface area contributed by atoms with Crippen LogP contribution in [0.25, 0.3) is 0 Å². The topological polar surface area (TPSA) is 49.4 Å². The van der Waals surface area contributed by atoms with Gasteiger partial charge >= 0.3 is 0 Å². The largest absolute Gasteiger partial charge is 0.352 e. The SMILES string of the molecule is CC(=O)NC1CCN(C(=O)c2ccc(Br)cc2)C1. The van der Waals surface area contributed by atoms with E-state index < -0.39 is 0 Å². The number of nitrogens with zero attached hydrogens (tertiary/aromatic N) is 1. The van der Waals surface area contributed by atoms with Gasteiger partial charge < -0.3 is 10.2 Å². The zero-order valence-corrected chi connectivity index (χ0v) is 11.7. The molecule has 1 heterocycles. The summed E-state index contributed by atoms with van der Waals surface area (Å²) in [6.45, 7) is 2.79. The molecule has 18 heavy (non-hydrogen) atoms. The van der Waals surface area contributed by atoms with Crippen molar-refractivity contribution < 1.29 is 9.59 Å². The van der Waals surface area contributed by atoms with E-state index in [4.69, 9.17) is 0 Å². The first kappa shape index (κ1) is 13.1. The first-order chi connectivity index (χ1) is 8.56. The van der Waals surface area contributed by atoms with Crippen LogP contribution in [-0.4, -0.2) is 35.8 Å².